The third kappa shape index (κ3) is 4.71. The summed E-state index contributed by atoms with van der Waals surface area (Å²) in [4.78, 5) is 0. The predicted octanol–water partition coefficient (Wildman–Crippen LogP) is 4.10. The van der Waals surface area contributed by atoms with Gasteiger partial charge in [-0.05, 0) is 37.5 Å². The summed E-state index contributed by atoms with van der Waals surface area (Å²) < 4.78 is 5.66. The number of hydrogen-bond donors (Lipinski definition) is 2. The van der Waals surface area contributed by atoms with Gasteiger partial charge >= 0.3 is 0 Å². The molecule has 1 unspecified atom stereocenters. The lowest BCUT2D eigenvalue weighted by molar-refractivity contribution is 0.319. The summed E-state index contributed by atoms with van der Waals surface area (Å²) in [6, 6.07) is 16.7. The molecule has 2 aromatic rings. The van der Waals surface area contributed by atoms with E-state index < -0.39 is 0 Å². The van der Waals surface area contributed by atoms with Gasteiger partial charge in [0.1, 0.15) is 5.75 Å². The van der Waals surface area contributed by atoms with Gasteiger partial charge in [-0.25, -0.2) is 0 Å². The first-order valence-corrected chi connectivity index (χ1v) is 7.52. The maximum atomic E-state index is 5.93. The summed E-state index contributed by atoms with van der Waals surface area (Å²) in [6.07, 6.45) is 1.96. The van der Waals surface area contributed by atoms with Crippen LogP contribution in [0.15, 0.2) is 48.5 Å². The van der Waals surface area contributed by atoms with Crippen LogP contribution in [0.4, 0.5) is 11.4 Å². The molecular formula is C18H24N2O. The quantitative estimate of drug-likeness (QED) is 0.752. The zero-order valence-corrected chi connectivity index (χ0v) is 12.8. The standard InChI is InChI=1S/C18H24N2O/c1-3-11-21-18-13-16(9-10-17(18)19)20-14(2)12-15-7-5-4-6-8-15/h4-10,13-14,20H,3,11-12,19H2,1-2H3. The lowest BCUT2D eigenvalue weighted by Crippen LogP contribution is -2.18. The van der Waals surface area contributed by atoms with Gasteiger partial charge in [0.2, 0.25) is 0 Å². The highest BCUT2D eigenvalue weighted by atomic mass is 16.5. The maximum absolute atomic E-state index is 5.93. The van der Waals surface area contributed by atoms with Crippen molar-refractivity contribution in [1.82, 2.24) is 0 Å². The van der Waals surface area contributed by atoms with E-state index in [0.29, 0.717) is 18.3 Å². The predicted molar refractivity (Wildman–Crippen MR) is 89.9 cm³/mol. The summed E-state index contributed by atoms with van der Waals surface area (Å²) >= 11 is 0. The average molecular weight is 284 g/mol. The van der Waals surface area contributed by atoms with Crippen LogP contribution in [0.3, 0.4) is 0 Å². The lowest BCUT2D eigenvalue weighted by Gasteiger charge is -2.17. The molecule has 1 atom stereocenters. The van der Waals surface area contributed by atoms with Crippen LogP contribution < -0.4 is 15.8 Å². The molecule has 112 valence electrons. The Labute approximate surface area is 127 Å². The molecule has 3 nitrogen and oxygen atoms in total. The molecule has 0 saturated carbocycles. The van der Waals surface area contributed by atoms with E-state index in [1.165, 1.54) is 5.56 Å². The summed E-state index contributed by atoms with van der Waals surface area (Å²) in [5, 5.41) is 3.50. The van der Waals surface area contributed by atoms with Gasteiger partial charge in [-0.2, -0.15) is 0 Å². The number of nitrogens with two attached hydrogens (primary N) is 1. The first-order chi connectivity index (χ1) is 10.2. The number of rotatable bonds is 7. The fraction of sp³-hybridized carbons (Fsp3) is 0.333. The van der Waals surface area contributed by atoms with Crippen molar-refractivity contribution in [3.05, 3.63) is 54.1 Å². The van der Waals surface area contributed by atoms with Crippen molar-refractivity contribution >= 4 is 11.4 Å². The Morgan fingerprint density at radius 2 is 1.90 bits per heavy atom. The molecule has 2 rings (SSSR count). The minimum Gasteiger partial charge on any atom is -0.491 e. The first kappa shape index (κ1) is 15.2. The van der Waals surface area contributed by atoms with Crippen molar-refractivity contribution in [2.24, 2.45) is 0 Å². The second-order valence-corrected chi connectivity index (χ2v) is 5.34. The zero-order valence-electron chi connectivity index (χ0n) is 12.8. The molecule has 0 heterocycles. The van der Waals surface area contributed by atoms with Crippen molar-refractivity contribution in [2.75, 3.05) is 17.7 Å². The summed E-state index contributed by atoms with van der Waals surface area (Å²) in [7, 11) is 0. The molecule has 0 aliphatic carbocycles. The van der Waals surface area contributed by atoms with Crippen molar-refractivity contribution < 1.29 is 4.74 Å². The summed E-state index contributed by atoms with van der Waals surface area (Å²) in [5.74, 6) is 0.758. The third-order valence-electron chi connectivity index (χ3n) is 3.27. The van der Waals surface area contributed by atoms with E-state index in [0.717, 1.165) is 24.3 Å². The molecule has 0 fully saturated rings. The number of benzene rings is 2. The Morgan fingerprint density at radius 3 is 2.62 bits per heavy atom. The van der Waals surface area contributed by atoms with Gasteiger partial charge in [0, 0.05) is 17.8 Å². The van der Waals surface area contributed by atoms with Gasteiger partial charge in [0.15, 0.2) is 0 Å². The number of anilines is 2. The highest BCUT2D eigenvalue weighted by Crippen LogP contribution is 2.26. The Balaban J connectivity index is 1.98. The first-order valence-electron chi connectivity index (χ1n) is 7.52. The van der Waals surface area contributed by atoms with Crippen LogP contribution in [0, 0.1) is 0 Å². The molecule has 0 saturated heterocycles. The number of nitrogens with one attached hydrogen (secondary N) is 1. The van der Waals surface area contributed by atoms with Crippen LogP contribution in [0.1, 0.15) is 25.8 Å². The molecule has 0 aromatic heterocycles. The van der Waals surface area contributed by atoms with E-state index in [1.54, 1.807) is 0 Å². The second-order valence-electron chi connectivity index (χ2n) is 5.34. The van der Waals surface area contributed by atoms with E-state index in [1.807, 2.05) is 24.3 Å². The van der Waals surface area contributed by atoms with Crippen LogP contribution >= 0.6 is 0 Å². The lowest BCUT2D eigenvalue weighted by atomic mass is 10.1. The minimum absolute atomic E-state index is 0.343. The fourth-order valence-electron chi connectivity index (χ4n) is 2.26. The van der Waals surface area contributed by atoms with Crippen LogP contribution in [0.2, 0.25) is 0 Å². The molecule has 0 spiro atoms. The Kier molecular flexibility index (Phi) is 5.50. The van der Waals surface area contributed by atoms with Crippen LogP contribution in [-0.2, 0) is 6.42 Å². The fourth-order valence-corrected chi connectivity index (χ4v) is 2.26. The van der Waals surface area contributed by atoms with Crippen LogP contribution in [-0.4, -0.2) is 12.6 Å². The van der Waals surface area contributed by atoms with E-state index in [-0.39, 0.29) is 0 Å². The van der Waals surface area contributed by atoms with Crippen LogP contribution in [0.5, 0.6) is 5.75 Å². The van der Waals surface area contributed by atoms with Crippen molar-refractivity contribution in [3.8, 4) is 5.75 Å². The zero-order chi connectivity index (χ0) is 15.1. The van der Waals surface area contributed by atoms with Crippen LogP contribution in [0.25, 0.3) is 0 Å². The van der Waals surface area contributed by atoms with Gasteiger partial charge in [-0.15, -0.1) is 0 Å². The highest BCUT2D eigenvalue weighted by molar-refractivity contribution is 5.61. The van der Waals surface area contributed by atoms with E-state index in [2.05, 4.69) is 43.4 Å². The Morgan fingerprint density at radius 1 is 1.14 bits per heavy atom. The van der Waals surface area contributed by atoms with Gasteiger partial charge < -0.3 is 15.8 Å². The average Bonchev–Trinajstić information content (AvgIpc) is 2.48. The number of nitrogen functional groups attached to an aromatic ring is 1. The van der Waals surface area contributed by atoms with Gasteiger partial charge in [-0.1, -0.05) is 37.3 Å². The third-order valence-corrected chi connectivity index (χ3v) is 3.27. The molecule has 21 heavy (non-hydrogen) atoms. The molecule has 0 amide bonds. The molecule has 0 aliphatic heterocycles. The molecule has 0 aliphatic rings. The van der Waals surface area contributed by atoms with E-state index in [4.69, 9.17) is 10.5 Å². The molecule has 3 N–H and O–H groups in total. The smallest absolute Gasteiger partial charge is 0.144 e. The SMILES string of the molecule is CCCOc1cc(NC(C)Cc2ccccc2)ccc1N. The molecule has 0 bridgehead atoms. The number of hydrogen-bond acceptors (Lipinski definition) is 3. The summed E-state index contributed by atoms with van der Waals surface area (Å²) in [5.41, 5.74) is 8.99. The minimum atomic E-state index is 0.343. The van der Waals surface area contributed by atoms with Gasteiger partial charge in [0.25, 0.3) is 0 Å². The monoisotopic (exact) mass is 284 g/mol. The van der Waals surface area contributed by atoms with Gasteiger partial charge in [0.05, 0.1) is 12.3 Å². The number of ether oxygens (including phenoxy) is 1. The molecule has 0 radical (unpaired) electrons. The molecule has 3 heteroatoms. The maximum Gasteiger partial charge on any atom is 0.144 e. The van der Waals surface area contributed by atoms with Gasteiger partial charge in [-0.3, -0.25) is 0 Å². The Bertz CT molecular complexity index is 554. The highest BCUT2D eigenvalue weighted by Gasteiger charge is 2.06. The largest absolute Gasteiger partial charge is 0.491 e. The molecular weight excluding hydrogens is 260 g/mol. The van der Waals surface area contributed by atoms with E-state index >= 15 is 0 Å². The topological polar surface area (TPSA) is 47.3 Å². The van der Waals surface area contributed by atoms with Crippen molar-refractivity contribution in [1.29, 1.82) is 0 Å². The summed E-state index contributed by atoms with van der Waals surface area (Å²) in [6.45, 7) is 4.95. The normalized spacial score (nSPS) is 11.9. The van der Waals surface area contributed by atoms with E-state index in [9.17, 15) is 0 Å². The van der Waals surface area contributed by atoms with Crippen molar-refractivity contribution in [3.63, 3.8) is 0 Å². The Hall–Kier alpha value is -2.16. The second kappa shape index (κ2) is 7.58. The van der Waals surface area contributed by atoms with Crippen molar-refractivity contribution in [2.45, 2.75) is 32.7 Å². The molecule has 2 aromatic carbocycles.